The summed E-state index contributed by atoms with van der Waals surface area (Å²) in [6.07, 6.45) is 1.36. The SMILES string of the molecule is COc1ccc(S(=O)(=O)Nc2ccnc(Cl)n2)cc1Br. The Balaban J connectivity index is 2.33. The molecule has 9 heteroatoms. The number of benzene rings is 1. The standard InChI is InChI=1S/C11H9BrClN3O3S/c1-19-9-3-2-7(6-8(9)12)20(17,18)16-10-4-5-14-11(13)15-10/h2-6H,1H3,(H,14,15,16). The molecular formula is C11H9BrClN3O3S. The molecular weight excluding hydrogens is 370 g/mol. The summed E-state index contributed by atoms with van der Waals surface area (Å²) in [6.45, 7) is 0. The molecule has 0 spiro atoms. The molecule has 0 amide bonds. The Morgan fingerprint density at radius 3 is 2.70 bits per heavy atom. The van der Waals surface area contributed by atoms with Crippen LogP contribution in [0.3, 0.4) is 0 Å². The fraction of sp³-hybridized carbons (Fsp3) is 0.0909. The number of halogens is 2. The topological polar surface area (TPSA) is 81.2 Å². The Bertz CT molecular complexity index is 739. The van der Waals surface area contributed by atoms with Crippen LogP contribution in [0.15, 0.2) is 39.8 Å². The van der Waals surface area contributed by atoms with Crippen LogP contribution in [0.5, 0.6) is 5.75 Å². The van der Waals surface area contributed by atoms with Gasteiger partial charge >= 0.3 is 0 Å². The highest BCUT2D eigenvalue weighted by atomic mass is 79.9. The van der Waals surface area contributed by atoms with Crippen LogP contribution in [0, 0.1) is 0 Å². The molecule has 0 aliphatic heterocycles. The molecule has 0 radical (unpaired) electrons. The first-order valence-corrected chi connectivity index (χ1v) is 7.93. The molecule has 0 saturated carbocycles. The fourth-order valence-corrected chi connectivity index (χ4v) is 3.27. The number of hydrogen-bond acceptors (Lipinski definition) is 5. The Morgan fingerprint density at radius 1 is 1.35 bits per heavy atom. The van der Waals surface area contributed by atoms with Crippen LogP contribution in [0.1, 0.15) is 0 Å². The lowest BCUT2D eigenvalue weighted by molar-refractivity contribution is 0.411. The number of aromatic nitrogens is 2. The van der Waals surface area contributed by atoms with Crippen molar-refractivity contribution in [3.8, 4) is 5.75 Å². The highest BCUT2D eigenvalue weighted by molar-refractivity contribution is 9.10. The molecule has 2 aromatic rings. The van der Waals surface area contributed by atoms with Crippen molar-refractivity contribution >= 4 is 43.4 Å². The zero-order chi connectivity index (χ0) is 14.8. The first kappa shape index (κ1) is 15.0. The van der Waals surface area contributed by atoms with Crippen LogP contribution in [-0.4, -0.2) is 25.5 Å². The lowest BCUT2D eigenvalue weighted by Crippen LogP contribution is -2.14. The molecule has 106 valence electrons. The van der Waals surface area contributed by atoms with Crippen molar-refractivity contribution in [3.63, 3.8) is 0 Å². The summed E-state index contributed by atoms with van der Waals surface area (Å²) < 4.78 is 32.3. The molecule has 0 bridgehead atoms. The summed E-state index contributed by atoms with van der Waals surface area (Å²) >= 11 is 8.84. The highest BCUT2D eigenvalue weighted by Gasteiger charge is 2.16. The van der Waals surface area contributed by atoms with E-state index in [1.807, 2.05) is 0 Å². The maximum absolute atomic E-state index is 12.2. The summed E-state index contributed by atoms with van der Waals surface area (Å²) in [6, 6.07) is 5.81. The van der Waals surface area contributed by atoms with Gasteiger partial charge in [0.25, 0.3) is 10.0 Å². The van der Waals surface area contributed by atoms with Gasteiger partial charge in [-0.05, 0) is 51.8 Å². The van der Waals surface area contributed by atoms with Gasteiger partial charge in [0.2, 0.25) is 5.28 Å². The van der Waals surface area contributed by atoms with Gasteiger partial charge in [-0.3, -0.25) is 4.72 Å². The number of rotatable bonds is 4. The number of ether oxygens (including phenoxy) is 1. The van der Waals surface area contributed by atoms with E-state index in [2.05, 4.69) is 30.6 Å². The summed E-state index contributed by atoms with van der Waals surface area (Å²) in [5.41, 5.74) is 0. The normalized spacial score (nSPS) is 11.2. The van der Waals surface area contributed by atoms with Gasteiger partial charge in [-0.2, -0.15) is 4.98 Å². The Hall–Kier alpha value is -1.38. The van der Waals surface area contributed by atoms with Crippen molar-refractivity contribution in [1.29, 1.82) is 0 Å². The van der Waals surface area contributed by atoms with E-state index in [0.29, 0.717) is 10.2 Å². The molecule has 1 N–H and O–H groups in total. The largest absolute Gasteiger partial charge is 0.496 e. The van der Waals surface area contributed by atoms with E-state index in [1.54, 1.807) is 6.07 Å². The quantitative estimate of drug-likeness (QED) is 0.827. The average Bonchev–Trinajstić information content (AvgIpc) is 2.38. The van der Waals surface area contributed by atoms with Crippen LogP contribution in [-0.2, 0) is 10.0 Å². The molecule has 2 rings (SSSR count). The molecule has 6 nitrogen and oxygen atoms in total. The van der Waals surface area contributed by atoms with E-state index in [1.165, 1.54) is 31.5 Å². The summed E-state index contributed by atoms with van der Waals surface area (Å²) in [7, 11) is -2.27. The number of sulfonamides is 1. The van der Waals surface area contributed by atoms with Crippen molar-refractivity contribution < 1.29 is 13.2 Å². The van der Waals surface area contributed by atoms with Gasteiger partial charge in [0.05, 0.1) is 16.5 Å². The van der Waals surface area contributed by atoms with Crippen molar-refractivity contribution in [2.24, 2.45) is 0 Å². The van der Waals surface area contributed by atoms with E-state index in [0.717, 1.165) is 0 Å². The van der Waals surface area contributed by atoms with Crippen molar-refractivity contribution in [2.75, 3.05) is 11.8 Å². The smallest absolute Gasteiger partial charge is 0.263 e. The number of anilines is 1. The third-order valence-electron chi connectivity index (χ3n) is 2.30. The number of nitrogens with zero attached hydrogens (tertiary/aromatic N) is 2. The van der Waals surface area contributed by atoms with Crippen LogP contribution < -0.4 is 9.46 Å². The zero-order valence-corrected chi connectivity index (χ0v) is 13.3. The molecule has 0 atom stereocenters. The van der Waals surface area contributed by atoms with Gasteiger partial charge in [-0.1, -0.05) is 0 Å². The molecule has 20 heavy (non-hydrogen) atoms. The summed E-state index contributed by atoms with van der Waals surface area (Å²) in [5.74, 6) is 0.631. The second-order valence-electron chi connectivity index (χ2n) is 3.61. The third-order valence-corrected chi connectivity index (χ3v) is 4.45. The second-order valence-corrected chi connectivity index (χ2v) is 6.49. The van der Waals surface area contributed by atoms with Gasteiger partial charge in [0.1, 0.15) is 11.6 Å². The minimum Gasteiger partial charge on any atom is -0.496 e. The van der Waals surface area contributed by atoms with Crippen LogP contribution in [0.4, 0.5) is 5.82 Å². The van der Waals surface area contributed by atoms with E-state index in [9.17, 15) is 8.42 Å². The monoisotopic (exact) mass is 377 g/mol. The molecule has 1 aromatic carbocycles. The number of hydrogen-bond donors (Lipinski definition) is 1. The second kappa shape index (κ2) is 5.94. The van der Waals surface area contributed by atoms with Crippen molar-refractivity contribution in [3.05, 3.63) is 40.2 Å². The van der Waals surface area contributed by atoms with E-state index in [4.69, 9.17) is 16.3 Å². The van der Waals surface area contributed by atoms with Crippen molar-refractivity contribution in [2.45, 2.75) is 4.90 Å². The highest BCUT2D eigenvalue weighted by Crippen LogP contribution is 2.28. The molecule has 0 saturated heterocycles. The zero-order valence-electron chi connectivity index (χ0n) is 10.2. The average molecular weight is 379 g/mol. The first-order chi connectivity index (χ1) is 9.42. The Kier molecular flexibility index (Phi) is 4.46. The third kappa shape index (κ3) is 3.38. The minimum absolute atomic E-state index is 0.0406. The maximum atomic E-state index is 12.2. The lowest BCUT2D eigenvalue weighted by atomic mass is 10.3. The lowest BCUT2D eigenvalue weighted by Gasteiger charge is -2.09. The molecule has 0 aliphatic carbocycles. The molecule has 0 fully saturated rings. The van der Waals surface area contributed by atoms with Crippen molar-refractivity contribution in [1.82, 2.24) is 9.97 Å². The minimum atomic E-state index is -3.76. The molecule has 1 aromatic heterocycles. The van der Waals surface area contributed by atoms with Crippen LogP contribution in [0.2, 0.25) is 5.28 Å². The first-order valence-electron chi connectivity index (χ1n) is 5.27. The Morgan fingerprint density at radius 2 is 2.10 bits per heavy atom. The predicted molar refractivity (Wildman–Crippen MR) is 78.5 cm³/mol. The number of methoxy groups -OCH3 is 1. The number of nitrogens with one attached hydrogen (secondary N) is 1. The van der Waals surface area contributed by atoms with E-state index in [-0.39, 0.29) is 16.0 Å². The summed E-state index contributed by atoms with van der Waals surface area (Å²) in [4.78, 5) is 7.51. The van der Waals surface area contributed by atoms with Crippen LogP contribution in [0.25, 0.3) is 0 Å². The summed E-state index contributed by atoms with van der Waals surface area (Å²) in [5, 5.41) is -0.0406. The molecule has 0 unspecified atom stereocenters. The Labute approximate surface area is 129 Å². The van der Waals surface area contributed by atoms with Gasteiger partial charge < -0.3 is 4.74 Å². The predicted octanol–water partition coefficient (Wildman–Crippen LogP) is 2.70. The van der Waals surface area contributed by atoms with Gasteiger partial charge in [-0.15, -0.1) is 0 Å². The maximum Gasteiger partial charge on any atom is 0.263 e. The van der Waals surface area contributed by atoms with Gasteiger partial charge in [0, 0.05) is 6.20 Å². The van der Waals surface area contributed by atoms with E-state index < -0.39 is 10.0 Å². The fourth-order valence-electron chi connectivity index (χ4n) is 1.40. The molecule has 0 aliphatic rings. The van der Waals surface area contributed by atoms with Gasteiger partial charge in [0.15, 0.2) is 0 Å². The van der Waals surface area contributed by atoms with Crippen LogP contribution >= 0.6 is 27.5 Å². The van der Waals surface area contributed by atoms with Gasteiger partial charge in [-0.25, -0.2) is 13.4 Å². The molecule has 1 heterocycles. The van der Waals surface area contributed by atoms with E-state index >= 15 is 0 Å².